The van der Waals surface area contributed by atoms with Gasteiger partial charge in [-0.05, 0) is 49.6 Å². The molecule has 0 radical (unpaired) electrons. The van der Waals surface area contributed by atoms with Gasteiger partial charge in [-0.3, -0.25) is 9.10 Å². The number of nitrogens with two attached hydrogens (primary N) is 1. The lowest BCUT2D eigenvalue weighted by Gasteiger charge is -2.46. The van der Waals surface area contributed by atoms with Crippen molar-refractivity contribution in [2.24, 2.45) is 10.7 Å². The number of aliphatic imine (C=N–C) groups is 1. The predicted molar refractivity (Wildman–Crippen MR) is 110 cm³/mol. The number of guanidine groups is 1. The van der Waals surface area contributed by atoms with Crippen LogP contribution >= 0.6 is 0 Å². The average Bonchev–Trinajstić information content (AvgIpc) is 2.75. The molecule has 2 aliphatic rings. The zero-order chi connectivity index (χ0) is 22.3. The van der Waals surface area contributed by atoms with Crippen LogP contribution in [0.1, 0.15) is 35.3 Å². The van der Waals surface area contributed by atoms with E-state index in [1.54, 1.807) is 0 Å². The number of rotatable bonds is 3. The lowest BCUT2D eigenvalue weighted by molar-refractivity contribution is 0.102. The van der Waals surface area contributed by atoms with Gasteiger partial charge in [0.05, 0.1) is 11.4 Å². The Labute approximate surface area is 179 Å². The summed E-state index contributed by atoms with van der Waals surface area (Å²) >= 11 is 0. The number of carbonyl (C=O) groups is 1. The summed E-state index contributed by atoms with van der Waals surface area (Å²) in [7, 11) is -0.222. The van der Waals surface area contributed by atoms with Gasteiger partial charge in [0.25, 0.3) is 5.91 Å². The Balaban J connectivity index is 1.74. The zero-order valence-corrected chi connectivity index (χ0v) is 17.3. The van der Waals surface area contributed by atoms with E-state index in [0.717, 1.165) is 18.3 Å². The fraction of sp³-hybridized carbons (Fsp3) is 0.350. The van der Waals surface area contributed by atoms with Gasteiger partial charge in [0.1, 0.15) is 40.0 Å². The number of halogens is 3. The van der Waals surface area contributed by atoms with E-state index < -0.39 is 45.5 Å². The summed E-state index contributed by atoms with van der Waals surface area (Å²) in [6.45, 7) is 0. The SMILES string of the molecule is CN1C(N)=NC2(c3cc(NC(=O)c4ccc(F)cn4)ccc3F)CCC(F)CC2S1=O. The van der Waals surface area contributed by atoms with Crippen molar-refractivity contribution in [2.45, 2.75) is 36.2 Å². The zero-order valence-electron chi connectivity index (χ0n) is 16.5. The molecule has 1 saturated carbocycles. The quantitative estimate of drug-likeness (QED) is 0.749. The van der Waals surface area contributed by atoms with Crippen molar-refractivity contribution in [3.63, 3.8) is 0 Å². The van der Waals surface area contributed by atoms with Crippen molar-refractivity contribution >= 4 is 28.5 Å². The van der Waals surface area contributed by atoms with Crippen molar-refractivity contribution in [1.29, 1.82) is 0 Å². The Kier molecular flexibility index (Phi) is 5.46. The first-order chi connectivity index (χ1) is 14.7. The fourth-order valence-electron chi connectivity index (χ4n) is 4.03. The van der Waals surface area contributed by atoms with E-state index in [2.05, 4.69) is 15.3 Å². The minimum Gasteiger partial charge on any atom is -0.369 e. The molecule has 164 valence electrons. The summed E-state index contributed by atoms with van der Waals surface area (Å²) in [6, 6.07) is 6.22. The van der Waals surface area contributed by atoms with Crippen molar-refractivity contribution < 1.29 is 22.2 Å². The van der Waals surface area contributed by atoms with Crippen molar-refractivity contribution in [1.82, 2.24) is 9.29 Å². The molecule has 3 N–H and O–H groups in total. The summed E-state index contributed by atoms with van der Waals surface area (Å²) in [5.41, 5.74) is 4.93. The van der Waals surface area contributed by atoms with Gasteiger partial charge in [0, 0.05) is 18.3 Å². The van der Waals surface area contributed by atoms with Crippen LogP contribution in [0.5, 0.6) is 0 Å². The summed E-state index contributed by atoms with van der Waals surface area (Å²) < 4.78 is 56.4. The number of nitrogens with zero attached hydrogens (tertiary/aromatic N) is 3. The number of carbonyl (C=O) groups excluding carboxylic acids is 1. The normalized spacial score (nSPS) is 27.9. The molecule has 1 aliphatic carbocycles. The monoisotopic (exact) mass is 451 g/mol. The molecule has 11 heteroatoms. The van der Waals surface area contributed by atoms with Gasteiger partial charge in [-0.25, -0.2) is 27.4 Å². The van der Waals surface area contributed by atoms with Crippen LogP contribution in [0.15, 0.2) is 41.5 Å². The van der Waals surface area contributed by atoms with Crippen molar-refractivity contribution in [2.75, 3.05) is 12.4 Å². The topological polar surface area (TPSA) is 101 Å². The van der Waals surface area contributed by atoms with Gasteiger partial charge in [0.15, 0.2) is 0 Å². The molecule has 1 aliphatic heterocycles. The number of alkyl halides is 1. The smallest absolute Gasteiger partial charge is 0.274 e. The summed E-state index contributed by atoms with van der Waals surface area (Å²) in [4.78, 5) is 20.6. The van der Waals surface area contributed by atoms with Crippen LogP contribution < -0.4 is 11.1 Å². The molecule has 0 bridgehead atoms. The molecule has 4 atom stereocenters. The number of amides is 1. The third kappa shape index (κ3) is 3.78. The number of benzene rings is 1. The lowest BCUT2D eigenvalue weighted by Crippen LogP contribution is -2.57. The van der Waals surface area contributed by atoms with E-state index >= 15 is 0 Å². The van der Waals surface area contributed by atoms with Crippen LogP contribution in [-0.2, 0) is 16.5 Å². The highest BCUT2D eigenvalue weighted by molar-refractivity contribution is 7.84. The molecule has 0 spiro atoms. The second kappa shape index (κ2) is 7.95. The molecule has 2 aromatic rings. The predicted octanol–water partition coefficient (Wildman–Crippen LogP) is 2.62. The molecular weight excluding hydrogens is 431 g/mol. The largest absolute Gasteiger partial charge is 0.369 e. The van der Waals surface area contributed by atoms with Crippen LogP contribution in [0.3, 0.4) is 0 Å². The van der Waals surface area contributed by atoms with Crippen LogP contribution in [0.2, 0.25) is 0 Å². The highest BCUT2D eigenvalue weighted by atomic mass is 32.2. The molecule has 2 heterocycles. The van der Waals surface area contributed by atoms with E-state index in [4.69, 9.17) is 5.73 Å². The van der Waals surface area contributed by atoms with Gasteiger partial charge in [-0.15, -0.1) is 0 Å². The number of anilines is 1. The van der Waals surface area contributed by atoms with E-state index in [1.807, 2.05) is 0 Å². The molecule has 0 saturated heterocycles. The summed E-state index contributed by atoms with van der Waals surface area (Å²) in [6.07, 6.45) is -0.0876. The molecule has 4 rings (SSSR count). The first kappa shape index (κ1) is 21.3. The van der Waals surface area contributed by atoms with E-state index in [9.17, 15) is 22.2 Å². The Morgan fingerprint density at radius 1 is 1.32 bits per heavy atom. The molecule has 1 aromatic carbocycles. The maximum atomic E-state index is 15.0. The molecule has 1 fully saturated rings. The van der Waals surface area contributed by atoms with Crippen molar-refractivity contribution in [3.8, 4) is 0 Å². The molecule has 1 amide bonds. The third-order valence-electron chi connectivity index (χ3n) is 5.64. The van der Waals surface area contributed by atoms with Crippen molar-refractivity contribution in [3.05, 3.63) is 59.4 Å². The minimum absolute atomic E-state index is 0.0242. The number of hydrogen-bond donors (Lipinski definition) is 2. The van der Waals surface area contributed by atoms with Gasteiger partial charge in [-0.1, -0.05) is 0 Å². The van der Waals surface area contributed by atoms with Crippen LogP contribution in [0.25, 0.3) is 0 Å². The Morgan fingerprint density at radius 2 is 2.10 bits per heavy atom. The number of nitrogens with one attached hydrogen (secondary N) is 1. The number of hydrogen-bond acceptors (Lipinski definition) is 5. The Bertz CT molecular complexity index is 1080. The number of fused-ring (bicyclic) bond motifs is 1. The summed E-state index contributed by atoms with van der Waals surface area (Å²) in [5.74, 6) is -1.86. The van der Waals surface area contributed by atoms with Crippen LogP contribution in [0.4, 0.5) is 18.9 Å². The fourth-order valence-corrected chi connectivity index (χ4v) is 5.64. The number of aromatic nitrogens is 1. The first-order valence-corrected chi connectivity index (χ1v) is 10.7. The van der Waals surface area contributed by atoms with E-state index in [0.29, 0.717) is 0 Å². The molecule has 7 nitrogen and oxygen atoms in total. The maximum Gasteiger partial charge on any atom is 0.274 e. The van der Waals surface area contributed by atoms with Gasteiger partial charge in [-0.2, -0.15) is 0 Å². The second-order valence-electron chi connectivity index (χ2n) is 7.54. The first-order valence-electron chi connectivity index (χ1n) is 9.58. The molecular formula is C20H20F3N5O2S. The highest BCUT2D eigenvalue weighted by Gasteiger charge is 2.53. The Morgan fingerprint density at radius 3 is 2.81 bits per heavy atom. The molecule has 1 aromatic heterocycles. The van der Waals surface area contributed by atoms with E-state index in [1.165, 1.54) is 29.6 Å². The molecule has 31 heavy (non-hydrogen) atoms. The average molecular weight is 451 g/mol. The summed E-state index contributed by atoms with van der Waals surface area (Å²) in [5, 5.41) is 1.77. The second-order valence-corrected chi connectivity index (χ2v) is 9.21. The van der Waals surface area contributed by atoms with Crippen LogP contribution in [-0.4, -0.2) is 43.8 Å². The lowest BCUT2D eigenvalue weighted by atomic mass is 9.75. The van der Waals surface area contributed by atoms with Gasteiger partial charge in [0.2, 0.25) is 5.96 Å². The van der Waals surface area contributed by atoms with Gasteiger partial charge < -0.3 is 11.1 Å². The standard InChI is InChI=1S/C20H20F3N5O2S/c1-28-19(24)27-20(7-6-11(21)8-17(20)31(28)30)14-9-13(3-4-15(14)23)26-18(29)16-5-2-12(22)10-25-16/h2-5,9-11,17H,6-8H2,1H3,(H2,24,27)(H,26,29). The number of pyridine rings is 1. The minimum atomic E-state index is -1.71. The van der Waals surface area contributed by atoms with Gasteiger partial charge >= 0.3 is 0 Å². The van der Waals surface area contributed by atoms with E-state index in [-0.39, 0.29) is 42.2 Å². The molecule has 4 unspecified atom stereocenters. The third-order valence-corrected chi connectivity index (χ3v) is 7.44. The van der Waals surface area contributed by atoms with Crippen LogP contribution in [0, 0.1) is 11.6 Å². The maximum absolute atomic E-state index is 15.0. The highest BCUT2D eigenvalue weighted by Crippen LogP contribution is 2.48. The Hall–Kier alpha value is -2.95.